The van der Waals surface area contributed by atoms with Crippen molar-refractivity contribution in [2.24, 2.45) is 5.92 Å². The summed E-state index contributed by atoms with van der Waals surface area (Å²) in [7, 11) is 1.56. The lowest BCUT2D eigenvalue weighted by atomic mass is 9.71. The molecule has 2 aliphatic carbocycles. The summed E-state index contributed by atoms with van der Waals surface area (Å²) in [6.07, 6.45) is 2.29. The van der Waals surface area contributed by atoms with E-state index in [2.05, 4.69) is 0 Å². The molecule has 0 aliphatic heterocycles. The maximum atomic E-state index is 13.0. The zero-order valence-corrected chi connectivity index (χ0v) is 13.6. The van der Waals surface area contributed by atoms with Crippen molar-refractivity contribution >= 4 is 11.6 Å². The van der Waals surface area contributed by atoms with Gasteiger partial charge in [0.15, 0.2) is 11.6 Å². The summed E-state index contributed by atoms with van der Waals surface area (Å²) in [6.45, 7) is 4.06. The fourth-order valence-corrected chi connectivity index (χ4v) is 3.47. The monoisotopic (exact) mass is 312 g/mol. The van der Waals surface area contributed by atoms with E-state index in [4.69, 9.17) is 9.47 Å². The van der Waals surface area contributed by atoms with Crippen molar-refractivity contribution in [3.63, 3.8) is 0 Å². The number of benzene rings is 1. The molecule has 1 aromatic rings. The molecule has 0 heterocycles. The van der Waals surface area contributed by atoms with Crippen LogP contribution >= 0.6 is 0 Å². The van der Waals surface area contributed by atoms with Crippen molar-refractivity contribution in [2.45, 2.75) is 26.4 Å². The van der Waals surface area contributed by atoms with E-state index in [1.165, 1.54) is 0 Å². The fourth-order valence-electron chi connectivity index (χ4n) is 3.47. The van der Waals surface area contributed by atoms with Gasteiger partial charge < -0.3 is 9.47 Å². The maximum Gasteiger partial charge on any atom is 0.190 e. The van der Waals surface area contributed by atoms with Crippen molar-refractivity contribution in [1.82, 2.24) is 0 Å². The first-order valence-electron chi connectivity index (χ1n) is 7.75. The van der Waals surface area contributed by atoms with E-state index in [1.54, 1.807) is 31.4 Å². The van der Waals surface area contributed by atoms with Gasteiger partial charge in [0.25, 0.3) is 0 Å². The number of carbonyl (C=O) groups is 2. The Kier molecular flexibility index (Phi) is 4.28. The predicted molar refractivity (Wildman–Crippen MR) is 86.4 cm³/mol. The van der Waals surface area contributed by atoms with Gasteiger partial charge in [0, 0.05) is 35.3 Å². The molecule has 2 aliphatic rings. The number of hydrogen-bond donors (Lipinski definition) is 0. The highest BCUT2D eigenvalue weighted by Crippen LogP contribution is 2.40. The van der Waals surface area contributed by atoms with Gasteiger partial charge in [-0.25, -0.2) is 0 Å². The maximum absolute atomic E-state index is 13.0. The minimum Gasteiger partial charge on any atom is -0.359 e. The highest BCUT2D eigenvalue weighted by molar-refractivity contribution is 6.27. The molecule has 0 N–H and O–H groups in total. The van der Waals surface area contributed by atoms with Gasteiger partial charge in [-0.1, -0.05) is 35.9 Å². The van der Waals surface area contributed by atoms with Gasteiger partial charge in [-0.15, -0.1) is 0 Å². The summed E-state index contributed by atoms with van der Waals surface area (Å²) in [5.74, 6) is -0.304. The first-order valence-corrected chi connectivity index (χ1v) is 7.75. The van der Waals surface area contributed by atoms with Crippen LogP contribution in [0.4, 0.5) is 0 Å². The Morgan fingerprint density at radius 2 is 1.83 bits per heavy atom. The van der Waals surface area contributed by atoms with E-state index in [0.29, 0.717) is 28.7 Å². The number of fused-ring (bicyclic) bond motifs is 1. The zero-order valence-electron chi connectivity index (χ0n) is 13.6. The Labute approximate surface area is 135 Å². The van der Waals surface area contributed by atoms with Crippen molar-refractivity contribution in [2.75, 3.05) is 13.9 Å². The summed E-state index contributed by atoms with van der Waals surface area (Å²) in [5, 5.41) is 0. The lowest BCUT2D eigenvalue weighted by Gasteiger charge is -2.34. The van der Waals surface area contributed by atoms with Gasteiger partial charge in [0.05, 0.1) is 6.10 Å². The van der Waals surface area contributed by atoms with Crippen LogP contribution in [0.2, 0.25) is 0 Å². The number of methoxy groups -OCH3 is 1. The summed E-state index contributed by atoms with van der Waals surface area (Å²) in [5.41, 5.74) is 3.27. The lowest BCUT2D eigenvalue weighted by Crippen LogP contribution is -2.35. The molecule has 0 aromatic heterocycles. The van der Waals surface area contributed by atoms with Gasteiger partial charge in [-0.2, -0.15) is 0 Å². The molecule has 0 spiro atoms. The van der Waals surface area contributed by atoms with E-state index < -0.39 is 0 Å². The second kappa shape index (κ2) is 6.22. The third kappa shape index (κ3) is 2.58. The zero-order chi connectivity index (χ0) is 16.6. The van der Waals surface area contributed by atoms with Crippen molar-refractivity contribution < 1.29 is 19.1 Å². The second-order valence-corrected chi connectivity index (χ2v) is 6.00. The van der Waals surface area contributed by atoms with Crippen LogP contribution in [0.5, 0.6) is 0 Å². The van der Waals surface area contributed by atoms with Crippen molar-refractivity contribution in [3.05, 3.63) is 58.2 Å². The van der Waals surface area contributed by atoms with Crippen LogP contribution in [0, 0.1) is 5.92 Å². The fraction of sp³-hybridized carbons (Fsp3) is 0.368. The smallest absolute Gasteiger partial charge is 0.190 e. The first-order chi connectivity index (χ1) is 11.1. The Morgan fingerprint density at radius 3 is 2.48 bits per heavy atom. The summed E-state index contributed by atoms with van der Waals surface area (Å²) in [6, 6.07) is 7.04. The average molecular weight is 312 g/mol. The minimum atomic E-state index is -0.237. The normalized spacial score (nSPS) is 21.7. The molecule has 0 saturated carbocycles. The van der Waals surface area contributed by atoms with Crippen LogP contribution in [0.1, 0.15) is 41.0 Å². The number of ether oxygens (including phenoxy) is 2. The molecule has 2 atom stereocenters. The number of allylic oxidation sites excluding steroid dienone is 2. The van der Waals surface area contributed by atoms with Crippen LogP contribution in [0.15, 0.2) is 47.1 Å². The number of Topliss-reactive ketones (excluding diaryl/α,β-unsaturated/α-hetero) is 2. The lowest BCUT2D eigenvalue weighted by molar-refractivity contribution is -0.0750. The third-order valence-electron chi connectivity index (χ3n) is 4.61. The molecule has 0 unspecified atom stereocenters. The molecule has 0 saturated heterocycles. The molecule has 120 valence electrons. The van der Waals surface area contributed by atoms with Gasteiger partial charge in [-0.05, 0) is 20.3 Å². The SMILES string of the molecule is COCO[C@@H](C)[C@H]1C(C)=CCC2=C1C(=O)c1ccccc1C2=O. The molecule has 4 heteroatoms. The highest BCUT2D eigenvalue weighted by Gasteiger charge is 2.40. The predicted octanol–water partition coefficient (Wildman–Crippen LogP) is 3.34. The Balaban J connectivity index is 2.06. The Hall–Kier alpha value is -2.04. The summed E-state index contributed by atoms with van der Waals surface area (Å²) in [4.78, 5) is 25.8. The number of ketones is 2. The molecule has 23 heavy (non-hydrogen) atoms. The average Bonchev–Trinajstić information content (AvgIpc) is 2.57. The van der Waals surface area contributed by atoms with E-state index in [-0.39, 0.29) is 30.4 Å². The largest absolute Gasteiger partial charge is 0.359 e. The summed E-state index contributed by atoms with van der Waals surface area (Å²) < 4.78 is 10.6. The van der Waals surface area contributed by atoms with E-state index >= 15 is 0 Å². The van der Waals surface area contributed by atoms with Gasteiger partial charge >= 0.3 is 0 Å². The second-order valence-electron chi connectivity index (χ2n) is 6.00. The molecule has 0 radical (unpaired) electrons. The quantitative estimate of drug-likeness (QED) is 0.632. The highest BCUT2D eigenvalue weighted by atomic mass is 16.7. The van der Waals surface area contributed by atoms with E-state index in [0.717, 1.165) is 5.57 Å². The van der Waals surface area contributed by atoms with Gasteiger partial charge in [0.2, 0.25) is 0 Å². The number of rotatable bonds is 4. The molecule has 4 nitrogen and oxygen atoms in total. The molecule has 1 aromatic carbocycles. The van der Waals surface area contributed by atoms with Gasteiger partial charge in [-0.3, -0.25) is 9.59 Å². The summed E-state index contributed by atoms with van der Waals surface area (Å²) >= 11 is 0. The molecule has 3 rings (SSSR count). The van der Waals surface area contributed by atoms with Crippen LogP contribution in [0.25, 0.3) is 0 Å². The van der Waals surface area contributed by atoms with Crippen LogP contribution in [-0.4, -0.2) is 31.6 Å². The molecular weight excluding hydrogens is 292 g/mol. The first kappa shape index (κ1) is 15.8. The van der Waals surface area contributed by atoms with Gasteiger partial charge in [0.1, 0.15) is 6.79 Å². The topological polar surface area (TPSA) is 52.6 Å². The Morgan fingerprint density at radius 1 is 1.17 bits per heavy atom. The third-order valence-corrected chi connectivity index (χ3v) is 4.61. The number of carbonyl (C=O) groups excluding carboxylic acids is 2. The Bertz CT molecular complexity index is 727. The van der Waals surface area contributed by atoms with Crippen molar-refractivity contribution in [1.29, 1.82) is 0 Å². The molecule has 0 amide bonds. The van der Waals surface area contributed by atoms with Crippen LogP contribution in [-0.2, 0) is 9.47 Å². The minimum absolute atomic E-state index is 0.0390. The number of hydrogen-bond acceptors (Lipinski definition) is 4. The molecule has 0 bridgehead atoms. The van der Waals surface area contributed by atoms with Crippen molar-refractivity contribution in [3.8, 4) is 0 Å². The standard InChI is InChI=1S/C19H20O4/c1-11-8-9-15-17(16(11)12(2)23-10-22-3)19(21)14-7-5-4-6-13(14)18(15)20/h4-8,12,16H,9-10H2,1-3H3/t12-,16+/m0/s1. The van der Waals surface area contributed by atoms with E-state index in [9.17, 15) is 9.59 Å². The van der Waals surface area contributed by atoms with E-state index in [1.807, 2.05) is 19.9 Å². The van der Waals surface area contributed by atoms with Crippen LogP contribution < -0.4 is 0 Å². The van der Waals surface area contributed by atoms with Crippen LogP contribution in [0.3, 0.4) is 0 Å². The molecule has 0 fully saturated rings. The molecular formula is C19H20O4.